The van der Waals surface area contributed by atoms with Crippen LogP contribution in [0.25, 0.3) is 0 Å². The van der Waals surface area contributed by atoms with Gasteiger partial charge in [0.15, 0.2) is 0 Å². The van der Waals surface area contributed by atoms with Gasteiger partial charge in [0.1, 0.15) is 0 Å². The highest BCUT2D eigenvalue weighted by molar-refractivity contribution is 5.59. The maximum Gasteiger partial charge on any atom is 0.508 e. The highest BCUT2D eigenvalue weighted by atomic mass is 16.7. The first kappa shape index (κ1) is 10.1. The molecule has 0 aromatic rings. The lowest BCUT2D eigenvalue weighted by Gasteiger charge is -2.16. The zero-order chi connectivity index (χ0) is 9.52. The van der Waals surface area contributed by atoms with Crippen molar-refractivity contribution in [3.8, 4) is 0 Å². The molecule has 0 bridgehead atoms. The first-order chi connectivity index (χ1) is 6.33. The van der Waals surface area contributed by atoms with E-state index in [1.165, 1.54) is 0 Å². The number of carbonyl (C=O) groups is 1. The third-order valence-corrected chi connectivity index (χ3v) is 2.08. The summed E-state index contributed by atoms with van der Waals surface area (Å²) in [5.41, 5.74) is 0. The average molecular weight is 184 g/mol. The molecule has 0 N–H and O–H groups in total. The summed E-state index contributed by atoms with van der Waals surface area (Å²) in [6.07, 6.45) is 6.98. The Bertz CT molecular complexity index is 187. The molecule has 1 aliphatic rings. The second kappa shape index (κ2) is 5.62. The number of carbonyl (C=O) groups excluding carboxylic acids is 1. The second-order valence-electron chi connectivity index (χ2n) is 3.14. The van der Waals surface area contributed by atoms with Crippen LogP contribution in [0.4, 0.5) is 4.79 Å². The molecule has 1 rings (SSSR count). The van der Waals surface area contributed by atoms with Gasteiger partial charge in [0, 0.05) is 0 Å². The van der Waals surface area contributed by atoms with Gasteiger partial charge < -0.3 is 9.47 Å². The predicted molar refractivity (Wildman–Crippen MR) is 49.5 cm³/mol. The highest BCUT2D eigenvalue weighted by Crippen LogP contribution is 2.18. The van der Waals surface area contributed by atoms with E-state index in [1.807, 2.05) is 0 Å². The number of rotatable bonds is 3. The fourth-order valence-electron chi connectivity index (χ4n) is 1.35. The molecule has 0 fully saturated rings. The van der Waals surface area contributed by atoms with Crippen molar-refractivity contribution in [3.05, 3.63) is 12.2 Å². The molecular weight excluding hydrogens is 168 g/mol. The van der Waals surface area contributed by atoms with Crippen molar-refractivity contribution in [1.29, 1.82) is 0 Å². The average Bonchev–Trinajstić information content (AvgIpc) is 2.17. The Morgan fingerprint density at radius 2 is 2.31 bits per heavy atom. The lowest BCUT2D eigenvalue weighted by atomic mass is 9.95. The third-order valence-electron chi connectivity index (χ3n) is 2.08. The normalized spacial score (nSPS) is 21.2. The maximum absolute atomic E-state index is 10.8. The van der Waals surface area contributed by atoms with Gasteiger partial charge >= 0.3 is 6.16 Å². The molecule has 1 aliphatic carbocycles. The summed E-state index contributed by atoms with van der Waals surface area (Å²) >= 11 is 0. The minimum atomic E-state index is -0.544. The molecule has 0 aliphatic heterocycles. The first-order valence-electron chi connectivity index (χ1n) is 4.77. The van der Waals surface area contributed by atoms with Crippen LogP contribution < -0.4 is 0 Å². The second-order valence-corrected chi connectivity index (χ2v) is 3.14. The molecule has 0 radical (unpaired) electrons. The summed E-state index contributed by atoms with van der Waals surface area (Å²) in [7, 11) is 0. The molecule has 3 heteroatoms. The number of hydrogen-bond acceptors (Lipinski definition) is 3. The molecule has 1 atom stereocenters. The van der Waals surface area contributed by atoms with Gasteiger partial charge in [0.05, 0.1) is 13.2 Å². The van der Waals surface area contributed by atoms with Gasteiger partial charge in [-0.05, 0) is 32.1 Å². The monoisotopic (exact) mass is 184 g/mol. The topological polar surface area (TPSA) is 35.5 Å². The Balaban J connectivity index is 2.11. The molecular formula is C10H16O3. The number of allylic oxidation sites excluding steroid dienone is 2. The van der Waals surface area contributed by atoms with E-state index in [2.05, 4.69) is 16.9 Å². The van der Waals surface area contributed by atoms with E-state index in [9.17, 15) is 4.79 Å². The Morgan fingerprint density at radius 1 is 1.46 bits per heavy atom. The van der Waals surface area contributed by atoms with E-state index in [4.69, 9.17) is 4.74 Å². The summed E-state index contributed by atoms with van der Waals surface area (Å²) in [6.45, 7) is 2.64. The van der Waals surface area contributed by atoms with Gasteiger partial charge in [-0.1, -0.05) is 12.2 Å². The highest BCUT2D eigenvalue weighted by Gasteiger charge is 2.12. The van der Waals surface area contributed by atoms with Crippen LogP contribution in [0.15, 0.2) is 12.2 Å². The zero-order valence-corrected chi connectivity index (χ0v) is 7.99. The van der Waals surface area contributed by atoms with Gasteiger partial charge in [-0.25, -0.2) is 4.79 Å². The van der Waals surface area contributed by atoms with Crippen molar-refractivity contribution in [2.45, 2.75) is 26.2 Å². The summed E-state index contributed by atoms with van der Waals surface area (Å²) in [5.74, 6) is 0.481. The van der Waals surface area contributed by atoms with Crippen LogP contribution in [0.1, 0.15) is 26.2 Å². The van der Waals surface area contributed by atoms with Crippen molar-refractivity contribution in [3.63, 3.8) is 0 Å². The lowest BCUT2D eigenvalue weighted by molar-refractivity contribution is 0.0466. The van der Waals surface area contributed by atoms with Gasteiger partial charge in [-0.2, -0.15) is 0 Å². The van der Waals surface area contributed by atoms with Gasteiger partial charge in [0.25, 0.3) is 0 Å². The maximum atomic E-state index is 10.8. The summed E-state index contributed by atoms with van der Waals surface area (Å²) in [5, 5.41) is 0. The molecule has 0 heterocycles. The van der Waals surface area contributed by atoms with E-state index in [1.54, 1.807) is 6.92 Å². The van der Waals surface area contributed by atoms with Crippen LogP contribution in [0.2, 0.25) is 0 Å². The molecule has 0 aromatic heterocycles. The van der Waals surface area contributed by atoms with E-state index in [0.717, 1.165) is 19.3 Å². The number of ether oxygens (including phenoxy) is 2. The van der Waals surface area contributed by atoms with Gasteiger partial charge in [-0.15, -0.1) is 0 Å². The predicted octanol–water partition coefficient (Wildman–Crippen LogP) is 2.52. The summed E-state index contributed by atoms with van der Waals surface area (Å²) < 4.78 is 9.58. The quantitative estimate of drug-likeness (QED) is 0.499. The van der Waals surface area contributed by atoms with E-state index < -0.39 is 6.16 Å². The standard InChI is InChI=1S/C10H16O3/c1-2-12-10(11)13-8-9-6-4-3-5-7-9/h3-4,9H,2,5-8H2,1H3. The molecule has 0 aromatic carbocycles. The Morgan fingerprint density at radius 3 is 2.92 bits per heavy atom. The molecule has 13 heavy (non-hydrogen) atoms. The first-order valence-corrected chi connectivity index (χ1v) is 4.77. The SMILES string of the molecule is CCOC(=O)OCC1CC=CCC1. The number of hydrogen-bond donors (Lipinski definition) is 0. The summed E-state index contributed by atoms with van der Waals surface area (Å²) in [6, 6.07) is 0. The lowest BCUT2D eigenvalue weighted by Crippen LogP contribution is -2.15. The van der Waals surface area contributed by atoms with E-state index in [-0.39, 0.29) is 0 Å². The smallest absolute Gasteiger partial charge is 0.435 e. The van der Waals surface area contributed by atoms with Crippen LogP contribution >= 0.6 is 0 Å². The molecule has 0 amide bonds. The van der Waals surface area contributed by atoms with Crippen molar-refractivity contribution in [2.75, 3.05) is 13.2 Å². The van der Waals surface area contributed by atoms with Crippen molar-refractivity contribution < 1.29 is 14.3 Å². The third kappa shape index (κ3) is 3.97. The molecule has 74 valence electrons. The van der Waals surface area contributed by atoms with Crippen LogP contribution in [0.3, 0.4) is 0 Å². The Labute approximate surface area is 78.7 Å². The van der Waals surface area contributed by atoms with Gasteiger partial charge in [-0.3, -0.25) is 0 Å². The van der Waals surface area contributed by atoms with Crippen LogP contribution in [0.5, 0.6) is 0 Å². The van der Waals surface area contributed by atoms with Crippen molar-refractivity contribution in [1.82, 2.24) is 0 Å². The van der Waals surface area contributed by atoms with Gasteiger partial charge in [0.2, 0.25) is 0 Å². The van der Waals surface area contributed by atoms with Crippen LogP contribution in [-0.2, 0) is 9.47 Å². The largest absolute Gasteiger partial charge is 0.508 e. The fraction of sp³-hybridized carbons (Fsp3) is 0.700. The molecule has 3 nitrogen and oxygen atoms in total. The molecule has 0 saturated carbocycles. The molecule has 1 unspecified atom stereocenters. The summed E-state index contributed by atoms with van der Waals surface area (Å²) in [4.78, 5) is 10.8. The van der Waals surface area contributed by atoms with E-state index >= 15 is 0 Å². The van der Waals surface area contributed by atoms with Crippen molar-refractivity contribution >= 4 is 6.16 Å². The van der Waals surface area contributed by atoms with Crippen molar-refractivity contribution in [2.24, 2.45) is 5.92 Å². The fourth-order valence-corrected chi connectivity index (χ4v) is 1.35. The van der Waals surface area contributed by atoms with Crippen LogP contribution in [0, 0.1) is 5.92 Å². The minimum Gasteiger partial charge on any atom is -0.435 e. The molecule has 0 spiro atoms. The van der Waals surface area contributed by atoms with E-state index in [0.29, 0.717) is 19.1 Å². The zero-order valence-electron chi connectivity index (χ0n) is 7.99. The Kier molecular flexibility index (Phi) is 4.36. The molecule has 0 saturated heterocycles. The van der Waals surface area contributed by atoms with Crippen LogP contribution in [-0.4, -0.2) is 19.4 Å². The Hall–Kier alpha value is -0.990. The minimum absolute atomic E-state index is 0.378.